The van der Waals surface area contributed by atoms with Gasteiger partial charge in [-0.05, 0) is 49.7 Å². The standard InChI is InChI=1S/C23H22Cl2FN5O2/c24-16-3-4-17(25)21(26)20(16)22(33)15-10-18(28-13-15)19(32)9-14-11-29-23(30-12-14)27-5-8-31-6-1-2-7-31/h3-4,10-13,28H,1-2,5-9H2,(H,27,29,30). The number of likely N-dealkylation sites (tertiary alicyclic amines) is 1. The highest BCUT2D eigenvalue weighted by Crippen LogP contribution is 2.28. The molecule has 0 atom stereocenters. The summed E-state index contributed by atoms with van der Waals surface area (Å²) in [6.45, 7) is 3.98. The largest absolute Gasteiger partial charge is 0.358 e. The second-order valence-electron chi connectivity index (χ2n) is 7.84. The summed E-state index contributed by atoms with van der Waals surface area (Å²) in [6.07, 6.45) is 7.09. The van der Waals surface area contributed by atoms with Crippen LogP contribution in [-0.4, -0.2) is 57.6 Å². The van der Waals surface area contributed by atoms with E-state index < -0.39 is 11.6 Å². The molecule has 3 aromatic rings. The molecular formula is C23H22Cl2FN5O2. The molecule has 0 unspecified atom stereocenters. The molecule has 4 rings (SSSR count). The number of carbonyl (C=O) groups excluding carboxylic acids is 2. The molecule has 1 aliphatic heterocycles. The molecule has 10 heteroatoms. The summed E-state index contributed by atoms with van der Waals surface area (Å²) in [4.78, 5) is 39.0. The van der Waals surface area contributed by atoms with Crippen molar-refractivity contribution in [2.45, 2.75) is 19.3 Å². The summed E-state index contributed by atoms with van der Waals surface area (Å²) < 4.78 is 14.3. The number of hydrogen-bond acceptors (Lipinski definition) is 6. The van der Waals surface area contributed by atoms with E-state index in [1.54, 1.807) is 12.4 Å². The Morgan fingerprint density at radius 1 is 1.12 bits per heavy atom. The van der Waals surface area contributed by atoms with Crippen LogP contribution in [0.4, 0.5) is 10.3 Å². The van der Waals surface area contributed by atoms with Crippen molar-refractivity contribution in [3.8, 4) is 0 Å². The maximum absolute atomic E-state index is 14.3. The number of nitrogens with zero attached hydrogens (tertiary/aromatic N) is 3. The molecule has 0 amide bonds. The predicted octanol–water partition coefficient (Wildman–Crippen LogP) is 4.41. The third-order valence-corrected chi connectivity index (χ3v) is 6.10. The lowest BCUT2D eigenvalue weighted by molar-refractivity contribution is 0.0988. The zero-order chi connectivity index (χ0) is 23.4. The van der Waals surface area contributed by atoms with Crippen molar-refractivity contribution in [1.29, 1.82) is 0 Å². The third-order valence-electron chi connectivity index (χ3n) is 5.50. The van der Waals surface area contributed by atoms with Gasteiger partial charge >= 0.3 is 0 Å². The van der Waals surface area contributed by atoms with Gasteiger partial charge in [-0.15, -0.1) is 0 Å². The molecule has 0 bridgehead atoms. The van der Waals surface area contributed by atoms with Crippen molar-refractivity contribution in [3.63, 3.8) is 0 Å². The quantitative estimate of drug-likeness (QED) is 0.341. The van der Waals surface area contributed by atoms with E-state index in [-0.39, 0.29) is 39.1 Å². The summed E-state index contributed by atoms with van der Waals surface area (Å²) in [5, 5.41) is 2.93. The van der Waals surface area contributed by atoms with Gasteiger partial charge in [-0.25, -0.2) is 14.4 Å². The summed E-state index contributed by atoms with van der Waals surface area (Å²) in [7, 11) is 0. The van der Waals surface area contributed by atoms with Gasteiger partial charge in [-0.1, -0.05) is 23.2 Å². The number of benzene rings is 1. The van der Waals surface area contributed by atoms with Gasteiger partial charge in [0.1, 0.15) is 0 Å². The van der Waals surface area contributed by atoms with Crippen LogP contribution < -0.4 is 5.32 Å². The van der Waals surface area contributed by atoms with Crippen molar-refractivity contribution >= 4 is 40.7 Å². The highest BCUT2D eigenvalue weighted by atomic mass is 35.5. The lowest BCUT2D eigenvalue weighted by atomic mass is 10.0. The number of aromatic nitrogens is 3. The fourth-order valence-electron chi connectivity index (χ4n) is 3.72. The van der Waals surface area contributed by atoms with Crippen LogP contribution in [0.5, 0.6) is 0 Å². The fourth-order valence-corrected chi connectivity index (χ4v) is 4.11. The molecular weight excluding hydrogens is 468 g/mol. The first-order chi connectivity index (χ1) is 15.9. The molecule has 0 aliphatic carbocycles. The average molecular weight is 490 g/mol. The van der Waals surface area contributed by atoms with Gasteiger partial charge in [0.15, 0.2) is 17.4 Å². The maximum atomic E-state index is 14.3. The topological polar surface area (TPSA) is 91.0 Å². The van der Waals surface area contributed by atoms with Crippen LogP contribution >= 0.6 is 23.2 Å². The van der Waals surface area contributed by atoms with Gasteiger partial charge in [0, 0.05) is 43.7 Å². The highest BCUT2D eigenvalue weighted by Gasteiger charge is 2.22. The monoisotopic (exact) mass is 489 g/mol. The van der Waals surface area contributed by atoms with Crippen molar-refractivity contribution in [1.82, 2.24) is 19.9 Å². The second-order valence-corrected chi connectivity index (χ2v) is 8.65. The lowest BCUT2D eigenvalue weighted by Crippen LogP contribution is -2.26. The fraction of sp³-hybridized carbons (Fsp3) is 0.304. The average Bonchev–Trinajstić information content (AvgIpc) is 3.50. The number of H-pyrrole nitrogens is 1. The summed E-state index contributed by atoms with van der Waals surface area (Å²) in [5.41, 5.74) is 0.625. The number of nitrogens with one attached hydrogen (secondary N) is 2. The first kappa shape index (κ1) is 23.4. The zero-order valence-corrected chi connectivity index (χ0v) is 19.2. The number of Topliss-reactive ketones (excluding diaryl/α,β-unsaturated/α-hetero) is 1. The minimum Gasteiger partial charge on any atom is -0.358 e. The lowest BCUT2D eigenvalue weighted by Gasteiger charge is -2.14. The molecule has 0 saturated carbocycles. The van der Waals surface area contributed by atoms with E-state index in [2.05, 4.69) is 25.2 Å². The van der Waals surface area contributed by atoms with Gasteiger partial charge < -0.3 is 15.2 Å². The minimum atomic E-state index is -0.894. The Morgan fingerprint density at radius 3 is 2.55 bits per heavy atom. The van der Waals surface area contributed by atoms with Gasteiger partial charge in [-0.3, -0.25) is 9.59 Å². The van der Waals surface area contributed by atoms with E-state index in [1.165, 1.54) is 37.2 Å². The Morgan fingerprint density at radius 2 is 1.82 bits per heavy atom. The summed E-state index contributed by atoms with van der Waals surface area (Å²) in [5.74, 6) is -1.30. The van der Waals surface area contributed by atoms with E-state index in [0.717, 1.165) is 26.2 Å². The van der Waals surface area contributed by atoms with Gasteiger partial charge in [0.2, 0.25) is 5.95 Å². The van der Waals surface area contributed by atoms with Crippen LogP contribution in [0.2, 0.25) is 10.0 Å². The first-order valence-corrected chi connectivity index (χ1v) is 11.3. The normalized spacial score (nSPS) is 13.9. The van der Waals surface area contributed by atoms with Crippen molar-refractivity contribution < 1.29 is 14.0 Å². The number of carbonyl (C=O) groups is 2. The van der Waals surface area contributed by atoms with Gasteiger partial charge in [-0.2, -0.15) is 0 Å². The molecule has 0 radical (unpaired) electrons. The molecule has 0 spiro atoms. The Balaban J connectivity index is 1.36. The molecule has 33 heavy (non-hydrogen) atoms. The van der Waals surface area contributed by atoms with Crippen LogP contribution in [0.3, 0.4) is 0 Å². The molecule has 2 aromatic heterocycles. The van der Waals surface area contributed by atoms with Crippen molar-refractivity contribution in [2.75, 3.05) is 31.5 Å². The maximum Gasteiger partial charge on any atom is 0.222 e. The molecule has 1 aromatic carbocycles. The van der Waals surface area contributed by atoms with Crippen LogP contribution in [0.25, 0.3) is 0 Å². The number of rotatable bonds is 9. The predicted molar refractivity (Wildman–Crippen MR) is 125 cm³/mol. The van der Waals surface area contributed by atoms with Crippen LogP contribution in [-0.2, 0) is 6.42 Å². The van der Waals surface area contributed by atoms with E-state index >= 15 is 0 Å². The summed E-state index contributed by atoms with van der Waals surface area (Å²) >= 11 is 11.7. The minimum absolute atomic E-state index is 0.0501. The Labute approximate surface area is 200 Å². The molecule has 2 N–H and O–H groups in total. The van der Waals surface area contributed by atoms with Crippen LogP contribution in [0.15, 0.2) is 36.8 Å². The molecule has 1 saturated heterocycles. The Bertz CT molecular complexity index is 1160. The van der Waals surface area contributed by atoms with Crippen molar-refractivity contribution in [3.05, 3.63) is 75.0 Å². The van der Waals surface area contributed by atoms with Crippen molar-refractivity contribution in [2.24, 2.45) is 0 Å². The highest BCUT2D eigenvalue weighted by molar-refractivity contribution is 6.37. The van der Waals surface area contributed by atoms with Crippen LogP contribution in [0.1, 0.15) is 44.8 Å². The number of halogens is 3. The SMILES string of the molecule is O=C(Cc1cnc(NCCN2CCCC2)nc1)c1cc(C(=O)c2c(Cl)ccc(Cl)c2F)c[nH]1. The molecule has 1 aliphatic rings. The number of anilines is 1. The molecule has 7 nitrogen and oxygen atoms in total. The number of ketones is 2. The molecule has 1 fully saturated rings. The zero-order valence-electron chi connectivity index (χ0n) is 17.7. The van der Waals surface area contributed by atoms with Gasteiger partial charge in [0.05, 0.1) is 21.3 Å². The molecule has 172 valence electrons. The third kappa shape index (κ3) is 5.58. The number of hydrogen-bond donors (Lipinski definition) is 2. The van der Waals surface area contributed by atoms with E-state index in [9.17, 15) is 14.0 Å². The van der Waals surface area contributed by atoms with Gasteiger partial charge in [0.25, 0.3) is 0 Å². The van der Waals surface area contributed by atoms with E-state index in [0.29, 0.717) is 11.5 Å². The van der Waals surface area contributed by atoms with E-state index in [4.69, 9.17) is 23.2 Å². The van der Waals surface area contributed by atoms with Crippen LogP contribution in [0, 0.1) is 5.82 Å². The molecule has 3 heterocycles. The first-order valence-electron chi connectivity index (χ1n) is 10.6. The summed E-state index contributed by atoms with van der Waals surface area (Å²) in [6, 6.07) is 4.00. The number of aromatic amines is 1. The second kappa shape index (κ2) is 10.4. The van der Waals surface area contributed by atoms with E-state index in [1.807, 2.05) is 0 Å². The smallest absolute Gasteiger partial charge is 0.222 e. The Hall–Kier alpha value is -2.81. The Kier molecular flexibility index (Phi) is 7.37.